The highest BCUT2D eigenvalue weighted by molar-refractivity contribution is 5.80. The van der Waals surface area contributed by atoms with Crippen LogP contribution in [-0.4, -0.2) is 30.1 Å². The van der Waals surface area contributed by atoms with E-state index in [1.54, 1.807) is 14.0 Å². The first-order chi connectivity index (χ1) is 4.09. The highest BCUT2D eigenvalue weighted by Crippen LogP contribution is 1.91. The van der Waals surface area contributed by atoms with E-state index in [1.165, 1.54) is 6.92 Å². The lowest BCUT2D eigenvalue weighted by Crippen LogP contribution is -2.39. The third-order valence-electron chi connectivity index (χ3n) is 1.35. The molecule has 0 fully saturated rings. The van der Waals surface area contributed by atoms with Crippen molar-refractivity contribution in [1.29, 1.82) is 0 Å². The average Bonchev–Trinajstić information content (AvgIpc) is 1.84. The van der Waals surface area contributed by atoms with Gasteiger partial charge in [-0.15, -0.1) is 0 Å². The highest BCUT2D eigenvalue weighted by Gasteiger charge is 2.15. The van der Waals surface area contributed by atoms with E-state index in [1.807, 2.05) is 0 Å². The summed E-state index contributed by atoms with van der Waals surface area (Å²) in [5, 5.41) is 11.8. The lowest BCUT2D eigenvalue weighted by atomic mass is 10.1. The van der Waals surface area contributed by atoms with Crippen LogP contribution in [-0.2, 0) is 4.79 Å². The number of likely N-dealkylation sites (N-methyl/N-ethyl adjacent to an activating group) is 1. The van der Waals surface area contributed by atoms with Crippen LogP contribution in [0.1, 0.15) is 13.8 Å². The summed E-state index contributed by atoms with van der Waals surface area (Å²) in [5.41, 5.74) is 0. The number of carbonyl (C=O) groups is 1. The second-order valence-electron chi connectivity index (χ2n) is 2.13. The van der Waals surface area contributed by atoms with Crippen molar-refractivity contribution in [2.75, 3.05) is 7.05 Å². The maximum absolute atomic E-state index is 10.5. The predicted molar refractivity (Wildman–Crippen MR) is 35.2 cm³/mol. The number of carbonyl (C=O) groups excluding carboxylic acids is 1. The van der Waals surface area contributed by atoms with Gasteiger partial charge in [0.2, 0.25) is 0 Å². The van der Waals surface area contributed by atoms with Gasteiger partial charge < -0.3 is 10.4 Å². The molecule has 0 saturated heterocycles. The standard InChI is InChI=1S/C6H13NO2/c1-4(7-3)6(9)5(2)8/h4,6-7,9H,1-3H3. The summed E-state index contributed by atoms with van der Waals surface area (Å²) in [4.78, 5) is 10.5. The van der Waals surface area contributed by atoms with Gasteiger partial charge in [0.1, 0.15) is 6.10 Å². The molecule has 0 radical (unpaired) electrons. The number of hydrogen-bond acceptors (Lipinski definition) is 3. The summed E-state index contributed by atoms with van der Waals surface area (Å²) in [6, 6.07) is -0.150. The Labute approximate surface area is 55.1 Å². The van der Waals surface area contributed by atoms with Gasteiger partial charge in [-0.1, -0.05) is 0 Å². The molecule has 0 amide bonds. The van der Waals surface area contributed by atoms with E-state index in [-0.39, 0.29) is 11.8 Å². The van der Waals surface area contributed by atoms with E-state index in [0.717, 1.165) is 0 Å². The molecule has 0 heterocycles. The topological polar surface area (TPSA) is 49.3 Å². The minimum Gasteiger partial charge on any atom is -0.384 e. The molecule has 0 saturated carbocycles. The summed E-state index contributed by atoms with van der Waals surface area (Å²) in [6.07, 6.45) is -0.866. The van der Waals surface area contributed by atoms with E-state index in [0.29, 0.717) is 0 Å². The van der Waals surface area contributed by atoms with Crippen molar-refractivity contribution in [3.05, 3.63) is 0 Å². The largest absolute Gasteiger partial charge is 0.384 e. The SMILES string of the molecule is CNC(C)C(O)C(C)=O. The summed E-state index contributed by atoms with van der Waals surface area (Å²) >= 11 is 0. The fourth-order valence-corrected chi connectivity index (χ4v) is 0.510. The molecule has 2 unspecified atom stereocenters. The molecule has 0 aliphatic rings. The molecule has 54 valence electrons. The fraction of sp³-hybridized carbons (Fsp3) is 0.833. The highest BCUT2D eigenvalue weighted by atomic mass is 16.3. The zero-order chi connectivity index (χ0) is 7.44. The molecule has 3 heteroatoms. The number of rotatable bonds is 3. The zero-order valence-corrected chi connectivity index (χ0v) is 6.01. The van der Waals surface area contributed by atoms with E-state index in [4.69, 9.17) is 5.11 Å². The van der Waals surface area contributed by atoms with E-state index < -0.39 is 6.10 Å². The van der Waals surface area contributed by atoms with Crippen LogP contribution in [0.5, 0.6) is 0 Å². The molecule has 0 aromatic carbocycles. The van der Waals surface area contributed by atoms with Gasteiger partial charge in [-0.25, -0.2) is 0 Å². The van der Waals surface area contributed by atoms with Crippen LogP contribution in [0.4, 0.5) is 0 Å². The average molecular weight is 131 g/mol. The van der Waals surface area contributed by atoms with Crippen molar-refractivity contribution in [1.82, 2.24) is 5.32 Å². The molecule has 2 atom stereocenters. The molecule has 0 rings (SSSR count). The van der Waals surface area contributed by atoms with Crippen molar-refractivity contribution in [3.8, 4) is 0 Å². The van der Waals surface area contributed by atoms with Crippen LogP contribution in [0.25, 0.3) is 0 Å². The molecular formula is C6H13NO2. The lowest BCUT2D eigenvalue weighted by Gasteiger charge is -2.13. The third kappa shape index (κ3) is 2.58. The third-order valence-corrected chi connectivity index (χ3v) is 1.35. The maximum atomic E-state index is 10.5. The van der Waals surface area contributed by atoms with Gasteiger partial charge in [0, 0.05) is 6.04 Å². The molecule has 0 aromatic rings. The number of aliphatic hydroxyl groups is 1. The number of aliphatic hydroxyl groups excluding tert-OH is 1. The van der Waals surface area contributed by atoms with Crippen molar-refractivity contribution in [2.45, 2.75) is 26.0 Å². The van der Waals surface area contributed by atoms with Crippen molar-refractivity contribution >= 4 is 5.78 Å². The second-order valence-corrected chi connectivity index (χ2v) is 2.13. The summed E-state index contributed by atoms with van der Waals surface area (Å²) in [6.45, 7) is 3.13. The first kappa shape index (κ1) is 8.59. The minimum absolute atomic E-state index is 0.150. The minimum atomic E-state index is -0.866. The van der Waals surface area contributed by atoms with E-state index in [2.05, 4.69) is 5.32 Å². The Bertz CT molecular complexity index is 103. The molecule has 2 N–H and O–H groups in total. The number of ketones is 1. The fourth-order valence-electron chi connectivity index (χ4n) is 0.510. The maximum Gasteiger partial charge on any atom is 0.159 e. The van der Waals surface area contributed by atoms with Crippen LogP contribution in [0.3, 0.4) is 0 Å². The Morgan fingerprint density at radius 3 is 2.22 bits per heavy atom. The van der Waals surface area contributed by atoms with Crippen LogP contribution in [0.15, 0.2) is 0 Å². The van der Waals surface area contributed by atoms with Gasteiger partial charge in [-0.05, 0) is 20.9 Å². The lowest BCUT2D eigenvalue weighted by molar-refractivity contribution is -0.125. The predicted octanol–water partition coefficient (Wildman–Crippen LogP) is -0.456. The van der Waals surface area contributed by atoms with Crippen LogP contribution >= 0.6 is 0 Å². The Kier molecular flexibility index (Phi) is 3.42. The van der Waals surface area contributed by atoms with Crippen molar-refractivity contribution in [2.24, 2.45) is 0 Å². The van der Waals surface area contributed by atoms with Crippen molar-refractivity contribution in [3.63, 3.8) is 0 Å². The Hall–Kier alpha value is -0.410. The van der Waals surface area contributed by atoms with Crippen LogP contribution in [0, 0.1) is 0 Å². The summed E-state index contributed by atoms with van der Waals surface area (Å²) < 4.78 is 0. The first-order valence-electron chi connectivity index (χ1n) is 2.95. The number of hydrogen-bond donors (Lipinski definition) is 2. The van der Waals surface area contributed by atoms with Gasteiger partial charge in [0.25, 0.3) is 0 Å². The molecule has 9 heavy (non-hydrogen) atoms. The zero-order valence-electron chi connectivity index (χ0n) is 6.01. The summed E-state index contributed by atoms with van der Waals surface area (Å²) in [7, 11) is 1.71. The van der Waals surface area contributed by atoms with Crippen molar-refractivity contribution < 1.29 is 9.90 Å². The van der Waals surface area contributed by atoms with E-state index >= 15 is 0 Å². The number of Topliss-reactive ketones (excluding diaryl/α,β-unsaturated/α-hetero) is 1. The molecular weight excluding hydrogens is 118 g/mol. The Morgan fingerprint density at radius 1 is 1.67 bits per heavy atom. The van der Waals surface area contributed by atoms with Gasteiger partial charge >= 0.3 is 0 Å². The Morgan fingerprint density at radius 2 is 2.11 bits per heavy atom. The number of nitrogens with one attached hydrogen (secondary N) is 1. The van der Waals surface area contributed by atoms with E-state index in [9.17, 15) is 4.79 Å². The smallest absolute Gasteiger partial charge is 0.159 e. The molecule has 0 spiro atoms. The van der Waals surface area contributed by atoms with Gasteiger partial charge in [-0.2, -0.15) is 0 Å². The Balaban J connectivity index is 3.72. The molecule has 0 aliphatic heterocycles. The van der Waals surface area contributed by atoms with Crippen LogP contribution in [0.2, 0.25) is 0 Å². The van der Waals surface area contributed by atoms with Crippen LogP contribution < -0.4 is 5.32 Å². The molecule has 3 nitrogen and oxygen atoms in total. The molecule has 0 aliphatic carbocycles. The van der Waals surface area contributed by atoms with Gasteiger partial charge in [-0.3, -0.25) is 4.79 Å². The first-order valence-corrected chi connectivity index (χ1v) is 2.95. The molecule has 0 aromatic heterocycles. The van der Waals surface area contributed by atoms with Gasteiger partial charge in [0.15, 0.2) is 5.78 Å². The van der Waals surface area contributed by atoms with Gasteiger partial charge in [0.05, 0.1) is 0 Å². The summed E-state index contributed by atoms with van der Waals surface area (Å²) in [5.74, 6) is -0.197. The second kappa shape index (κ2) is 3.58. The molecule has 0 bridgehead atoms. The monoisotopic (exact) mass is 131 g/mol. The normalized spacial score (nSPS) is 16.9. The quantitative estimate of drug-likeness (QED) is 0.545.